The average Bonchev–Trinajstić information content (AvgIpc) is 2.60. The number of carbonyl (C=O) groups is 1. The van der Waals surface area contributed by atoms with Gasteiger partial charge in [-0.25, -0.2) is 5.43 Å². The Hall–Kier alpha value is -2.54. The Kier molecular flexibility index (Phi) is 6.41. The van der Waals surface area contributed by atoms with Crippen molar-refractivity contribution in [1.82, 2.24) is 5.43 Å². The maximum Gasteiger partial charge on any atom is 0.271 e. The highest BCUT2D eigenvalue weighted by atomic mass is 79.9. The molecule has 0 aromatic heterocycles. The SMILES string of the molecule is COc1ccc(C(=O)N/N=C\c2ccc(N(C)C)c(Br)c2)cc1OC. The van der Waals surface area contributed by atoms with Crippen LogP contribution in [0.1, 0.15) is 15.9 Å². The highest BCUT2D eigenvalue weighted by Gasteiger charge is 2.10. The Labute approximate surface area is 155 Å². The van der Waals surface area contributed by atoms with Crippen molar-refractivity contribution in [1.29, 1.82) is 0 Å². The minimum atomic E-state index is -0.332. The van der Waals surface area contributed by atoms with Gasteiger partial charge in [-0.05, 0) is 51.8 Å². The molecule has 1 N–H and O–H groups in total. The van der Waals surface area contributed by atoms with E-state index in [4.69, 9.17) is 9.47 Å². The number of rotatable bonds is 6. The minimum Gasteiger partial charge on any atom is -0.493 e. The van der Waals surface area contributed by atoms with Gasteiger partial charge < -0.3 is 14.4 Å². The van der Waals surface area contributed by atoms with Crippen LogP contribution in [0.4, 0.5) is 5.69 Å². The molecule has 0 spiro atoms. The van der Waals surface area contributed by atoms with Crippen molar-refractivity contribution in [2.45, 2.75) is 0 Å². The number of hydrogen-bond donors (Lipinski definition) is 1. The van der Waals surface area contributed by atoms with E-state index in [0.717, 1.165) is 15.7 Å². The second kappa shape index (κ2) is 8.53. The van der Waals surface area contributed by atoms with E-state index < -0.39 is 0 Å². The normalized spacial score (nSPS) is 10.6. The van der Waals surface area contributed by atoms with Crippen LogP contribution in [0.5, 0.6) is 11.5 Å². The van der Waals surface area contributed by atoms with Crippen LogP contribution in [0, 0.1) is 0 Å². The Bertz CT molecular complexity index is 791. The van der Waals surface area contributed by atoms with Crippen molar-refractivity contribution < 1.29 is 14.3 Å². The van der Waals surface area contributed by atoms with Crippen LogP contribution in [0.25, 0.3) is 0 Å². The zero-order valence-corrected chi connectivity index (χ0v) is 16.1. The molecule has 7 heteroatoms. The van der Waals surface area contributed by atoms with Gasteiger partial charge in [0.15, 0.2) is 11.5 Å². The number of nitrogens with one attached hydrogen (secondary N) is 1. The van der Waals surface area contributed by atoms with Gasteiger partial charge in [0.25, 0.3) is 5.91 Å². The average molecular weight is 406 g/mol. The summed E-state index contributed by atoms with van der Waals surface area (Å²) in [5, 5.41) is 4.00. The fourth-order valence-corrected chi connectivity index (χ4v) is 2.92. The molecule has 0 atom stereocenters. The van der Waals surface area contributed by atoms with Crippen molar-refractivity contribution >= 4 is 33.7 Å². The van der Waals surface area contributed by atoms with Crippen molar-refractivity contribution in [3.63, 3.8) is 0 Å². The van der Waals surface area contributed by atoms with Crippen LogP contribution in [0.2, 0.25) is 0 Å². The third kappa shape index (κ3) is 4.73. The highest BCUT2D eigenvalue weighted by Crippen LogP contribution is 2.27. The van der Waals surface area contributed by atoms with Crippen LogP contribution in [-0.4, -0.2) is 40.4 Å². The molecule has 0 aliphatic carbocycles. The van der Waals surface area contributed by atoms with Crippen LogP contribution in [-0.2, 0) is 0 Å². The Morgan fingerprint density at radius 3 is 2.44 bits per heavy atom. The zero-order chi connectivity index (χ0) is 18.4. The summed E-state index contributed by atoms with van der Waals surface area (Å²) in [6.07, 6.45) is 1.59. The number of ether oxygens (including phenoxy) is 2. The van der Waals surface area contributed by atoms with Gasteiger partial charge in [0.2, 0.25) is 0 Å². The fraction of sp³-hybridized carbons (Fsp3) is 0.222. The van der Waals surface area contributed by atoms with E-state index in [-0.39, 0.29) is 5.91 Å². The van der Waals surface area contributed by atoms with Crippen LogP contribution >= 0.6 is 15.9 Å². The number of hydrazone groups is 1. The number of nitrogens with zero attached hydrogens (tertiary/aromatic N) is 2. The predicted molar refractivity (Wildman–Crippen MR) is 103 cm³/mol. The number of hydrogen-bond acceptors (Lipinski definition) is 5. The summed E-state index contributed by atoms with van der Waals surface area (Å²) in [6.45, 7) is 0. The molecule has 0 heterocycles. The first-order valence-electron chi connectivity index (χ1n) is 7.48. The van der Waals surface area contributed by atoms with Gasteiger partial charge in [0.1, 0.15) is 0 Å². The van der Waals surface area contributed by atoms with Gasteiger partial charge in [-0.1, -0.05) is 6.07 Å². The predicted octanol–water partition coefficient (Wildman–Crippen LogP) is 3.30. The Morgan fingerprint density at radius 1 is 1.12 bits per heavy atom. The summed E-state index contributed by atoms with van der Waals surface area (Å²) < 4.78 is 11.3. The van der Waals surface area contributed by atoms with E-state index in [1.54, 1.807) is 31.5 Å². The molecule has 0 aliphatic rings. The Balaban J connectivity index is 2.07. The summed E-state index contributed by atoms with van der Waals surface area (Å²) in [7, 11) is 7.00. The first kappa shape index (κ1) is 18.8. The standard InChI is InChI=1S/C18H20BrN3O3/c1-22(2)15-7-5-12(9-14(15)19)11-20-21-18(23)13-6-8-16(24-3)17(10-13)25-4/h5-11H,1-4H3,(H,21,23)/b20-11-. The smallest absolute Gasteiger partial charge is 0.271 e. The number of methoxy groups -OCH3 is 2. The molecule has 0 saturated carbocycles. The third-order valence-electron chi connectivity index (χ3n) is 3.48. The van der Waals surface area contributed by atoms with Gasteiger partial charge in [0.05, 0.1) is 26.1 Å². The largest absolute Gasteiger partial charge is 0.493 e. The quantitative estimate of drug-likeness (QED) is 0.591. The van der Waals surface area contributed by atoms with Crippen molar-refractivity contribution in [2.24, 2.45) is 5.10 Å². The van der Waals surface area contributed by atoms with Crippen molar-refractivity contribution in [2.75, 3.05) is 33.2 Å². The molecular formula is C18H20BrN3O3. The number of carbonyl (C=O) groups excluding carboxylic acids is 1. The lowest BCUT2D eigenvalue weighted by Crippen LogP contribution is -2.17. The van der Waals surface area contributed by atoms with E-state index in [1.165, 1.54) is 7.11 Å². The number of anilines is 1. The molecule has 6 nitrogen and oxygen atoms in total. The maximum atomic E-state index is 12.2. The number of benzene rings is 2. The molecule has 2 aromatic rings. The number of halogens is 1. The van der Waals surface area contributed by atoms with Crippen LogP contribution in [0.3, 0.4) is 0 Å². The fourth-order valence-electron chi connectivity index (χ4n) is 2.17. The summed E-state index contributed by atoms with van der Waals surface area (Å²) in [5.41, 5.74) is 4.86. The summed E-state index contributed by atoms with van der Waals surface area (Å²) >= 11 is 3.52. The molecule has 2 rings (SSSR count). The molecular weight excluding hydrogens is 386 g/mol. The van der Waals surface area contributed by atoms with Crippen LogP contribution in [0.15, 0.2) is 46.0 Å². The van der Waals surface area contributed by atoms with Gasteiger partial charge in [0, 0.05) is 24.1 Å². The summed E-state index contributed by atoms with van der Waals surface area (Å²) in [6, 6.07) is 10.8. The molecule has 0 bridgehead atoms. The topological polar surface area (TPSA) is 63.2 Å². The molecule has 2 aromatic carbocycles. The first-order chi connectivity index (χ1) is 12.0. The van der Waals surface area contributed by atoms with Gasteiger partial charge in [-0.15, -0.1) is 0 Å². The lowest BCUT2D eigenvalue weighted by Gasteiger charge is -2.14. The zero-order valence-electron chi connectivity index (χ0n) is 14.5. The number of amides is 1. The van der Waals surface area contributed by atoms with E-state index in [9.17, 15) is 4.79 Å². The maximum absolute atomic E-state index is 12.2. The molecule has 0 saturated heterocycles. The summed E-state index contributed by atoms with van der Waals surface area (Å²) in [4.78, 5) is 14.2. The van der Waals surface area contributed by atoms with Gasteiger partial charge in [-0.2, -0.15) is 5.10 Å². The molecule has 0 aliphatic heterocycles. The molecule has 0 radical (unpaired) electrons. The molecule has 0 unspecified atom stereocenters. The molecule has 25 heavy (non-hydrogen) atoms. The van der Waals surface area contributed by atoms with E-state index in [2.05, 4.69) is 26.5 Å². The summed E-state index contributed by atoms with van der Waals surface area (Å²) in [5.74, 6) is 0.719. The third-order valence-corrected chi connectivity index (χ3v) is 4.11. The van der Waals surface area contributed by atoms with Gasteiger partial charge in [-0.3, -0.25) is 4.79 Å². The van der Waals surface area contributed by atoms with Crippen molar-refractivity contribution in [3.05, 3.63) is 52.0 Å². The lowest BCUT2D eigenvalue weighted by atomic mass is 10.2. The Morgan fingerprint density at radius 2 is 1.84 bits per heavy atom. The molecule has 0 fully saturated rings. The van der Waals surface area contributed by atoms with E-state index in [1.807, 2.05) is 37.2 Å². The second-order valence-corrected chi connectivity index (χ2v) is 6.23. The molecule has 1 amide bonds. The second-order valence-electron chi connectivity index (χ2n) is 5.37. The monoisotopic (exact) mass is 405 g/mol. The van der Waals surface area contributed by atoms with Crippen LogP contribution < -0.4 is 19.8 Å². The lowest BCUT2D eigenvalue weighted by molar-refractivity contribution is 0.0954. The van der Waals surface area contributed by atoms with Crippen molar-refractivity contribution in [3.8, 4) is 11.5 Å². The van der Waals surface area contributed by atoms with Gasteiger partial charge >= 0.3 is 0 Å². The minimum absolute atomic E-state index is 0.332. The van der Waals surface area contributed by atoms with E-state index >= 15 is 0 Å². The van der Waals surface area contributed by atoms with E-state index in [0.29, 0.717) is 17.1 Å². The first-order valence-corrected chi connectivity index (χ1v) is 8.28. The highest BCUT2D eigenvalue weighted by molar-refractivity contribution is 9.10. The molecule has 132 valence electrons.